The summed E-state index contributed by atoms with van der Waals surface area (Å²) >= 11 is 0. The maximum absolute atomic E-state index is 12.2. The molecule has 0 bridgehead atoms. The first-order valence-electron chi connectivity index (χ1n) is 8.09. The van der Waals surface area contributed by atoms with Crippen molar-refractivity contribution >= 4 is 11.8 Å². The maximum atomic E-state index is 12.2. The molecule has 0 radical (unpaired) electrons. The third-order valence-corrected chi connectivity index (χ3v) is 4.42. The number of carbonyl (C=O) groups excluding carboxylic acids is 2. The number of ether oxygens (including phenoxy) is 1. The van der Waals surface area contributed by atoms with Crippen molar-refractivity contribution in [3.63, 3.8) is 0 Å². The number of morpholine rings is 1. The van der Waals surface area contributed by atoms with Gasteiger partial charge in [-0.05, 0) is 6.07 Å². The van der Waals surface area contributed by atoms with Crippen molar-refractivity contribution in [1.82, 2.24) is 15.1 Å². The van der Waals surface area contributed by atoms with E-state index in [-0.39, 0.29) is 17.7 Å². The normalized spacial score (nSPS) is 22.5. The molecule has 7 nitrogen and oxygen atoms in total. The van der Waals surface area contributed by atoms with E-state index in [0.717, 1.165) is 38.4 Å². The number of rotatable bonds is 6. The van der Waals surface area contributed by atoms with Crippen molar-refractivity contribution in [3.8, 4) is 0 Å². The predicted molar refractivity (Wildman–Crippen MR) is 82.5 cm³/mol. The first kappa shape index (κ1) is 16.0. The molecule has 0 spiro atoms. The van der Waals surface area contributed by atoms with Crippen LogP contribution in [0.5, 0.6) is 0 Å². The molecule has 1 atom stereocenters. The molecule has 0 unspecified atom stereocenters. The highest BCUT2D eigenvalue weighted by Crippen LogP contribution is 2.18. The Labute approximate surface area is 135 Å². The number of nitrogens with zero attached hydrogens (tertiary/aromatic N) is 2. The minimum atomic E-state index is -0.251. The minimum Gasteiger partial charge on any atom is -0.472 e. The summed E-state index contributed by atoms with van der Waals surface area (Å²) in [7, 11) is 0. The first-order valence-corrected chi connectivity index (χ1v) is 8.09. The van der Waals surface area contributed by atoms with Gasteiger partial charge in [0.25, 0.3) is 0 Å². The highest BCUT2D eigenvalue weighted by atomic mass is 16.5. The van der Waals surface area contributed by atoms with Crippen LogP contribution in [0.1, 0.15) is 12.0 Å². The molecule has 126 valence electrons. The lowest BCUT2D eigenvalue weighted by molar-refractivity contribution is -0.129. The van der Waals surface area contributed by atoms with Crippen LogP contribution in [-0.4, -0.2) is 67.6 Å². The standard InChI is InChI=1S/C16H23N3O4/c20-15-9-14(16(21)17-10-13-1-6-23-12-13)11-19(15)3-2-18-4-7-22-8-5-18/h1,6,12,14H,2-5,7-11H2,(H,17,21)/t14-/m1/s1. The molecule has 3 rings (SSSR count). The van der Waals surface area contributed by atoms with E-state index in [1.807, 2.05) is 6.07 Å². The second-order valence-electron chi connectivity index (χ2n) is 6.04. The second-order valence-corrected chi connectivity index (χ2v) is 6.04. The van der Waals surface area contributed by atoms with Gasteiger partial charge in [-0.2, -0.15) is 0 Å². The van der Waals surface area contributed by atoms with E-state index in [2.05, 4.69) is 10.2 Å². The SMILES string of the molecule is O=C(NCc1ccoc1)[C@@H]1CC(=O)N(CCN2CCOCC2)C1. The Morgan fingerprint density at radius 1 is 1.30 bits per heavy atom. The molecule has 3 heterocycles. The van der Waals surface area contributed by atoms with Crippen LogP contribution in [0.3, 0.4) is 0 Å². The molecule has 1 N–H and O–H groups in total. The lowest BCUT2D eigenvalue weighted by atomic mass is 10.1. The van der Waals surface area contributed by atoms with Crippen LogP contribution >= 0.6 is 0 Å². The Hall–Kier alpha value is -1.86. The molecule has 1 aromatic heterocycles. The summed E-state index contributed by atoms with van der Waals surface area (Å²) in [6, 6.07) is 1.81. The van der Waals surface area contributed by atoms with Gasteiger partial charge < -0.3 is 19.4 Å². The van der Waals surface area contributed by atoms with Crippen molar-refractivity contribution in [2.45, 2.75) is 13.0 Å². The fourth-order valence-corrected chi connectivity index (χ4v) is 2.98. The molecule has 23 heavy (non-hydrogen) atoms. The van der Waals surface area contributed by atoms with Crippen LogP contribution in [0, 0.1) is 5.92 Å². The summed E-state index contributed by atoms with van der Waals surface area (Å²) in [5, 5.41) is 2.87. The molecule has 2 aliphatic rings. The number of hydrogen-bond donors (Lipinski definition) is 1. The fourth-order valence-electron chi connectivity index (χ4n) is 2.98. The Morgan fingerprint density at radius 3 is 2.87 bits per heavy atom. The number of amides is 2. The van der Waals surface area contributed by atoms with Crippen molar-refractivity contribution in [3.05, 3.63) is 24.2 Å². The van der Waals surface area contributed by atoms with E-state index in [9.17, 15) is 9.59 Å². The summed E-state index contributed by atoms with van der Waals surface area (Å²) in [6.45, 7) is 5.82. The molecule has 0 aliphatic carbocycles. The zero-order chi connectivity index (χ0) is 16.1. The summed E-state index contributed by atoms with van der Waals surface area (Å²) in [6.07, 6.45) is 3.49. The number of carbonyl (C=O) groups is 2. The van der Waals surface area contributed by atoms with Crippen LogP contribution in [0.2, 0.25) is 0 Å². The predicted octanol–water partition coefficient (Wildman–Crippen LogP) is 0.0765. The minimum absolute atomic E-state index is 0.0616. The zero-order valence-corrected chi connectivity index (χ0v) is 13.2. The van der Waals surface area contributed by atoms with Crippen molar-refractivity contribution < 1.29 is 18.7 Å². The third-order valence-electron chi connectivity index (χ3n) is 4.42. The average Bonchev–Trinajstić information content (AvgIpc) is 3.21. The van der Waals surface area contributed by atoms with Crippen molar-refractivity contribution in [1.29, 1.82) is 0 Å². The molecule has 2 saturated heterocycles. The quantitative estimate of drug-likeness (QED) is 0.803. The lowest BCUT2D eigenvalue weighted by Gasteiger charge is -2.28. The topological polar surface area (TPSA) is 75.0 Å². The Morgan fingerprint density at radius 2 is 2.13 bits per heavy atom. The van der Waals surface area contributed by atoms with Gasteiger partial charge in [0.1, 0.15) is 0 Å². The molecule has 0 saturated carbocycles. The summed E-state index contributed by atoms with van der Waals surface area (Å²) in [5.41, 5.74) is 0.923. The van der Waals surface area contributed by atoms with Gasteiger partial charge in [0.05, 0.1) is 31.7 Å². The average molecular weight is 321 g/mol. The van der Waals surface area contributed by atoms with Gasteiger partial charge >= 0.3 is 0 Å². The van der Waals surface area contributed by atoms with Gasteiger partial charge in [-0.15, -0.1) is 0 Å². The molecule has 1 aromatic rings. The number of furan rings is 1. The van der Waals surface area contributed by atoms with E-state index < -0.39 is 0 Å². The van der Waals surface area contributed by atoms with Gasteiger partial charge in [0, 0.05) is 51.3 Å². The van der Waals surface area contributed by atoms with Gasteiger partial charge in [0.2, 0.25) is 11.8 Å². The van der Waals surface area contributed by atoms with E-state index in [4.69, 9.17) is 9.15 Å². The van der Waals surface area contributed by atoms with Crippen LogP contribution < -0.4 is 5.32 Å². The molecule has 2 aliphatic heterocycles. The summed E-state index contributed by atoms with van der Waals surface area (Å²) in [5.74, 6) is -0.241. The largest absolute Gasteiger partial charge is 0.472 e. The first-order chi connectivity index (χ1) is 11.2. The molecular weight excluding hydrogens is 298 g/mol. The van der Waals surface area contributed by atoms with E-state index >= 15 is 0 Å². The van der Waals surface area contributed by atoms with Crippen molar-refractivity contribution in [2.24, 2.45) is 5.92 Å². The third kappa shape index (κ3) is 4.33. The van der Waals surface area contributed by atoms with Crippen molar-refractivity contribution in [2.75, 3.05) is 45.9 Å². The van der Waals surface area contributed by atoms with Crippen LogP contribution in [0.4, 0.5) is 0 Å². The zero-order valence-electron chi connectivity index (χ0n) is 13.2. The van der Waals surface area contributed by atoms with E-state index in [1.165, 1.54) is 0 Å². The van der Waals surface area contributed by atoms with E-state index in [1.54, 1.807) is 17.4 Å². The number of hydrogen-bond acceptors (Lipinski definition) is 5. The number of likely N-dealkylation sites (tertiary alicyclic amines) is 1. The van der Waals surface area contributed by atoms with Crippen LogP contribution in [-0.2, 0) is 20.9 Å². The lowest BCUT2D eigenvalue weighted by Crippen LogP contribution is -2.42. The molecule has 7 heteroatoms. The number of nitrogens with one attached hydrogen (secondary N) is 1. The maximum Gasteiger partial charge on any atom is 0.225 e. The highest BCUT2D eigenvalue weighted by molar-refractivity contribution is 5.89. The van der Waals surface area contributed by atoms with Gasteiger partial charge in [-0.25, -0.2) is 0 Å². The van der Waals surface area contributed by atoms with Gasteiger partial charge in [-0.1, -0.05) is 0 Å². The summed E-state index contributed by atoms with van der Waals surface area (Å²) in [4.78, 5) is 28.4. The monoisotopic (exact) mass is 321 g/mol. The van der Waals surface area contributed by atoms with Crippen LogP contribution in [0.15, 0.2) is 23.0 Å². The van der Waals surface area contributed by atoms with E-state index in [0.29, 0.717) is 26.1 Å². The van der Waals surface area contributed by atoms with Gasteiger partial charge in [-0.3, -0.25) is 14.5 Å². The highest BCUT2D eigenvalue weighted by Gasteiger charge is 2.34. The van der Waals surface area contributed by atoms with Crippen LogP contribution in [0.25, 0.3) is 0 Å². The van der Waals surface area contributed by atoms with Gasteiger partial charge in [0.15, 0.2) is 0 Å². The fraction of sp³-hybridized carbons (Fsp3) is 0.625. The molecule has 2 amide bonds. The molecule has 2 fully saturated rings. The smallest absolute Gasteiger partial charge is 0.225 e. The molecule has 0 aromatic carbocycles. The summed E-state index contributed by atoms with van der Waals surface area (Å²) < 4.78 is 10.3. The Bertz CT molecular complexity index is 525. The molecular formula is C16H23N3O4. The Kier molecular flexibility index (Phi) is 5.30. The Balaban J connectivity index is 1.42. The second kappa shape index (κ2) is 7.61.